The number of carboxylic acids is 1. The SMILES string of the molecule is Cc1c(C(=O)O)c2c(C)ccc(F)c2n(C)c1=O. The van der Waals surface area contributed by atoms with E-state index in [1.807, 2.05) is 0 Å². The fourth-order valence-corrected chi connectivity index (χ4v) is 2.22. The van der Waals surface area contributed by atoms with Crippen molar-refractivity contribution in [2.75, 3.05) is 0 Å². The smallest absolute Gasteiger partial charge is 0.336 e. The highest BCUT2D eigenvalue weighted by atomic mass is 19.1. The van der Waals surface area contributed by atoms with Gasteiger partial charge in [0.05, 0.1) is 11.1 Å². The molecule has 0 aliphatic rings. The first kappa shape index (κ1) is 12.3. The van der Waals surface area contributed by atoms with Crippen LogP contribution < -0.4 is 5.56 Å². The van der Waals surface area contributed by atoms with E-state index in [2.05, 4.69) is 0 Å². The van der Waals surface area contributed by atoms with Gasteiger partial charge in [0.1, 0.15) is 5.82 Å². The van der Waals surface area contributed by atoms with Gasteiger partial charge in [0.15, 0.2) is 0 Å². The van der Waals surface area contributed by atoms with E-state index in [9.17, 15) is 19.1 Å². The van der Waals surface area contributed by atoms with Crippen molar-refractivity contribution in [2.45, 2.75) is 13.8 Å². The number of nitrogens with zero attached hydrogens (tertiary/aromatic N) is 1. The van der Waals surface area contributed by atoms with Crippen LogP contribution in [0.5, 0.6) is 0 Å². The van der Waals surface area contributed by atoms with Crippen molar-refractivity contribution in [3.05, 3.63) is 45.0 Å². The molecule has 0 aliphatic heterocycles. The van der Waals surface area contributed by atoms with Crippen molar-refractivity contribution in [3.8, 4) is 0 Å². The lowest BCUT2D eigenvalue weighted by Gasteiger charge is -2.13. The highest BCUT2D eigenvalue weighted by molar-refractivity contribution is 6.05. The number of fused-ring (bicyclic) bond motifs is 1. The van der Waals surface area contributed by atoms with Gasteiger partial charge in [-0.1, -0.05) is 6.07 Å². The highest BCUT2D eigenvalue weighted by Gasteiger charge is 2.20. The predicted octanol–water partition coefficient (Wildman–Crippen LogP) is 1.99. The zero-order valence-corrected chi connectivity index (χ0v) is 10.2. The summed E-state index contributed by atoms with van der Waals surface area (Å²) in [5.41, 5.74) is 0.159. The number of carboxylic acid groups (broad SMARTS) is 1. The number of pyridine rings is 1. The zero-order chi connectivity index (χ0) is 13.6. The molecule has 2 aromatic rings. The van der Waals surface area contributed by atoms with Gasteiger partial charge in [0, 0.05) is 18.0 Å². The van der Waals surface area contributed by atoms with Crippen molar-refractivity contribution in [3.63, 3.8) is 0 Å². The van der Waals surface area contributed by atoms with Crippen molar-refractivity contribution in [2.24, 2.45) is 7.05 Å². The average Bonchev–Trinajstić information content (AvgIpc) is 2.30. The lowest BCUT2D eigenvalue weighted by molar-refractivity contribution is 0.0698. The maximum Gasteiger partial charge on any atom is 0.336 e. The van der Waals surface area contributed by atoms with Gasteiger partial charge in [-0.2, -0.15) is 0 Å². The van der Waals surface area contributed by atoms with Gasteiger partial charge < -0.3 is 9.67 Å². The van der Waals surface area contributed by atoms with E-state index >= 15 is 0 Å². The monoisotopic (exact) mass is 249 g/mol. The Hall–Kier alpha value is -2.17. The third-order valence-corrected chi connectivity index (χ3v) is 3.14. The summed E-state index contributed by atoms with van der Waals surface area (Å²) in [6, 6.07) is 2.74. The van der Waals surface area contributed by atoms with Crippen LogP contribution in [-0.4, -0.2) is 15.6 Å². The summed E-state index contributed by atoms with van der Waals surface area (Å²) < 4.78 is 15.0. The molecule has 0 unspecified atom stereocenters. The molecule has 0 aliphatic carbocycles. The third kappa shape index (κ3) is 1.51. The predicted molar refractivity (Wildman–Crippen MR) is 65.6 cm³/mol. The number of aromatic carboxylic acids is 1. The summed E-state index contributed by atoms with van der Waals surface area (Å²) in [6.45, 7) is 3.13. The minimum atomic E-state index is -1.22. The van der Waals surface area contributed by atoms with Crippen molar-refractivity contribution in [1.82, 2.24) is 4.57 Å². The summed E-state index contributed by atoms with van der Waals surface area (Å²) in [7, 11) is 1.44. The van der Waals surface area contributed by atoms with Gasteiger partial charge in [-0.25, -0.2) is 9.18 Å². The van der Waals surface area contributed by atoms with Crippen molar-refractivity contribution >= 4 is 16.9 Å². The van der Waals surface area contributed by atoms with Crippen LogP contribution in [0.15, 0.2) is 16.9 Å². The Morgan fingerprint density at radius 3 is 2.50 bits per heavy atom. The van der Waals surface area contributed by atoms with Gasteiger partial charge in [-0.05, 0) is 25.5 Å². The zero-order valence-electron chi connectivity index (χ0n) is 10.2. The number of rotatable bonds is 1. The maximum atomic E-state index is 13.8. The van der Waals surface area contributed by atoms with Crippen molar-refractivity contribution < 1.29 is 14.3 Å². The largest absolute Gasteiger partial charge is 0.478 e. The molecule has 1 aromatic carbocycles. The van der Waals surface area contributed by atoms with E-state index in [0.29, 0.717) is 5.56 Å². The summed E-state index contributed by atoms with van der Waals surface area (Å²) >= 11 is 0. The Bertz CT molecular complexity index is 731. The van der Waals surface area contributed by atoms with Crippen LogP contribution in [0.25, 0.3) is 10.9 Å². The molecule has 0 bridgehead atoms. The Kier molecular flexibility index (Phi) is 2.69. The highest BCUT2D eigenvalue weighted by Crippen LogP contribution is 2.25. The standard InChI is InChI=1S/C13H12FNO3/c1-6-4-5-8(14)11-9(6)10(13(17)18)7(2)12(16)15(11)3/h4-5H,1-3H3,(H,17,18). The molecule has 5 heteroatoms. The molecule has 0 saturated carbocycles. The van der Waals surface area contributed by atoms with Crippen molar-refractivity contribution in [1.29, 1.82) is 0 Å². The van der Waals surface area contributed by atoms with Crippen LogP contribution in [0, 0.1) is 19.7 Å². The number of carbonyl (C=O) groups is 1. The van der Waals surface area contributed by atoms with E-state index in [1.54, 1.807) is 6.92 Å². The summed E-state index contributed by atoms with van der Waals surface area (Å²) in [6.07, 6.45) is 0. The second-order valence-electron chi connectivity index (χ2n) is 4.26. The second-order valence-corrected chi connectivity index (χ2v) is 4.26. The van der Waals surface area contributed by atoms with Crippen LogP contribution >= 0.6 is 0 Å². The van der Waals surface area contributed by atoms with E-state index in [0.717, 1.165) is 4.57 Å². The Morgan fingerprint density at radius 1 is 1.33 bits per heavy atom. The molecule has 18 heavy (non-hydrogen) atoms. The third-order valence-electron chi connectivity index (χ3n) is 3.14. The molecule has 0 radical (unpaired) electrons. The summed E-state index contributed by atoms with van der Waals surface area (Å²) in [5, 5.41) is 9.50. The van der Waals surface area contributed by atoms with Gasteiger partial charge >= 0.3 is 5.97 Å². The molecule has 1 aromatic heterocycles. The Labute approximate surface area is 102 Å². The molecule has 1 heterocycles. The first-order valence-corrected chi connectivity index (χ1v) is 5.38. The van der Waals surface area contributed by atoms with Gasteiger partial charge in [-0.3, -0.25) is 4.79 Å². The molecule has 0 atom stereocenters. The maximum absolute atomic E-state index is 13.8. The fourth-order valence-electron chi connectivity index (χ4n) is 2.22. The molecule has 1 N–H and O–H groups in total. The molecular weight excluding hydrogens is 237 g/mol. The number of hydrogen-bond acceptors (Lipinski definition) is 2. The molecule has 4 nitrogen and oxygen atoms in total. The molecule has 0 spiro atoms. The van der Waals surface area contributed by atoms with Gasteiger partial charge in [0.25, 0.3) is 5.56 Å². The average molecular weight is 249 g/mol. The molecule has 0 fully saturated rings. The first-order valence-electron chi connectivity index (χ1n) is 5.38. The summed E-state index contributed by atoms with van der Waals surface area (Å²) in [4.78, 5) is 23.2. The molecule has 0 saturated heterocycles. The number of benzene rings is 1. The Balaban J connectivity index is 3.23. The number of aromatic nitrogens is 1. The number of aryl methyl sites for hydroxylation is 2. The number of hydrogen-bond donors (Lipinski definition) is 1. The van der Waals surface area contributed by atoms with E-state index in [1.165, 1.54) is 26.1 Å². The topological polar surface area (TPSA) is 59.3 Å². The molecule has 2 rings (SSSR count). The molecule has 0 amide bonds. The number of halogens is 1. The van der Waals surface area contributed by atoms with E-state index in [-0.39, 0.29) is 22.0 Å². The Morgan fingerprint density at radius 2 is 1.94 bits per heavy atom. The van der Waals surface area contributed by atoms with Crippen LogP contribution in [0.3, 0.4) is 0 Å². The molecule has 94 valence electrons. The summed E-state index contributed by atoms with van der Waals surface area (Å²) in [5.74, 6) is -1.82. The fraction of sp³-hybridized carbons (Fsp3) is 0.231. The molecular formula is C13H12FNO3. The van der Waals surface area contributed by atoms with Gasteiger partial charge in [-0.15, -0.1) is 0 Å². The lowest BCUT2D eigenvalue weighted by atomic mass is 9.99. The lowest BCUT2D eigenvalue weighted by Crippen LogP contribution is -2.24. The normalized spacial score (nSPS) is 10.9. The quantitative estimate of drug-likeness (QED) is 0.840. The van der Waals surface area contributed by atoms with Crippen LogP contribution in [0.4, 0.5) is 4.39 Å². The minimum absolute atomic E-state index is 0.0306. The first-order chi connectivity index (χ1) is 8.36. The van der Waals surface area contributed by atoms with Crippen LogP contribution in [-0.2, 0) is 7.05 Å². The van der Waals surface area contributed by atoms with E-state index in [4.69, 9.17) is 0 Å². The van der Waals surface area contributed by atoms with Crippen LogP contribution in [0.2, 0.25) is 0 Å². The van der Waals surface area contributed by atoms with E-state index < -0.39 is 17.3 Å². The second kappa shape index (κ2) is 3.94. The van der Waals surface area contributed by atoms with Crippen LogP contribution in [0.1, 0.15) is 21.5 Å². The minimum Gasteiger partial charge on any atom is -0.478 e. The van der Waals surface area contributed by atoms with Gasteiger partial charge in [0.2, 0.25) is 0 Å².